The molecule has 9 nitrogen and oxygen atoms in total. The fourth-order valence-corrected chi connectivity index (χ4v) is 5.61. The van der Waals surface area contributed by atoms with Gasteiger partial charge in [0.2, 0.25) is 11.6 Å². The molecule has 2 atom stereocenters. The van der Waals surface area contributed by atoms with Crippen LogP contribution in [0.1, 0.15) is 11.8 Å². The molecule has 2 N–H and O–H groups in total. The second kappa shape index (κ2) is 8.17. The molecular weight excluding hydrogens is 418 g/mol. The van der Waals surface area contributed by atoms with Crippen molar-refractivity contribution in [2.24, 2.45) is 0 Å². The molecule has 2 aliphatic rings. The molecule has 0 aromatic carbocycles. The number of amides is 2. The number of aliphatic carboxylic acids is 1. The first kappa shape index (κ1) is 21.3. The second-order valence-corrected chi connectivity index (χ2v) is 8.94. The monoisotopic (exact) mass is 439 g/mol. The average molecular weight is 440 g/mol. The summed E-state index contributed by atoms with van der Waals surface area (Å²) in [4.78, 5) is 52.3. The van der Waals surface area contributed by atoms with Gasteiger partial charge in [0.05, 0.1) is 6.42 Å². The first-order chi connectivity index (χ1) is 13.7. The molecule has 1 aromatic rings. The fraction of sp³-hybridized carbons (Fsp3) is 0.444. The zero-order valence-electron chi connectivity index (χ0n) is 16.1. The number of thioether (sulfide) groups is 1. The number of nitrogens with one attached hydrogen (secondary N) is 1. The van der Waals surface area contributed by atoms with E-state index < -0.39 is 28.9 Å². The predicted molar refractivity (Wildman–Crippen MR) is 107 cm³/mol. The van der Waals surface area contributed by atoms with Crippen molar-refractivity contribution < 1.29 is 29.0 Å². The number of rotatable bonds is 7. The van der Waals surface area contributed by atoms with Crippen molar-refractivity contribution in [3.63, 3.8) is 0 Å². The Bertz CT molecular complexity index is 882. The molecular formula is C18H21N3O6S2. The fourth-order valence-electron chi connectivity index (χ4n) is 3.37. The van der Waals surface area contributed by atoms with Gasteiger partial charge in [-0.15, -0.1) is 23.1 Å². The van der Waals surface area contributed by atoms with E-state index in [-0.39, 0.29) is 30.4 Å². The Kier molecular flexibility index (Phi) is 6.01. The molecule has 1 aromatic heterocycles. The van der Waals surface area contributed by atoms with E-state index in [1.807, 2.05) is 17.5 Å². The highest BCUT2D eigenvalue weighted by atomic mass is 32.2. The molecule has 2 aliphatic heterocycles. The molecule has 0 spiro atoms. The zero-order chi connectivity index (χ0) is 21.3. The van der Waals surface area contributed by atoms with Crippen LogP contribution < -0.4 is 5.32 Å². The van der Waals surface area contributed by atoms with E-state index in [1.54, 1.807) is 19.0 Å². The highest BCUT2D eigenvalue weighted by Crippen LogP contribution is 2.47. The Morgan fingerprint density at radius 1 is 1.41 bits per heavy atom. The molecule has 1 saturated heterocycles. The van der Waals surface area contributed by atoms with E-state index in [0.717, 1.165) is 4.88 Å². The van der Waals surface area contributed by atoms with Crippen LogP contribution in [-0.4, -0.2) is 76.2 Å². The number of nitrogens with zero attached hydrogens (tertiary/aromatic N) is 2. The summed E-state index contributed by atoms with van der Waals surface area (Å²) in [6, 6.07) is 3.68. The van der Waals surface area contributed by atoms with Gasteiger partial charge < -0.3 is 15.2 Å². The van der Waals surface area contributed by atoms with Crippen molar-refractivity contribution in [1.82, 2.24) is 15.1 Å². The summed E-state index contributed by atoms with van der Waals surface area (Å²) in [5, 5.41) is 13.8. The van der Waals surface area contributed by atoms with Gasteiger partial charge in [-0.05, 0) is 25.5 Å². The number of fused-ring (bicyclic) bond motifs is 1. The molecule has 3 heterocycles. The summed E-state index contributed by atoms with van der Waals surface area (Å²) in [5.41, 5.74) is -1.18. The van der Waals surface area contributed by atoms with E-state index in [1.165, 1.54) is 34.9 Å². The van der Waals surface area contributed by atoms with Crippen molar-refractivity contribution in [1.29, 1.82) is 0 Å². The summed E-state index contributed by atoms with van der Waals surface area (Å²) >= 11 is 2.77. The summed E-state index contributed by atoms with van der Waals surface area (Å²) < 4.78 is 4.94. The van der Waals surface area contributed by atoms with Crippen LogP contribution in [0.3, 0.4) is 0 Å². The van der Waals surface area contributed by atoms with Crippen molar-refractivity contribution in [3.05, 3.63) is 33.7 Å². The van der Waals surface area contributed by atoms with Gasteiger partial charge in [0.15, 0.2) is 0 Å². The lowest BCUT2D eigenvalue weighted by Crippen LogP contribution is -2.84. The van der Waals surface area contributed by atoms with Gasteiger partial charge in [0, 0.05) is 23.1 Å². The Morgan fingerprint density at radius 3 is 2.69 bits per heavy atom. The van der Waals surface area contributed by atoms with Crippen LogP contribution in [0.4, 0.5) is 0 Å². The minimum Gasteiger partial charge on any atom is -0.477 e. The number of carboxylic acids is 1. The Labute approximate surface area is 175 Å². The Balaban J connectivity index is 1.86. The smallest absolute Gasteiger partial charge is 0.352 e. The topological polar surface area (TPSA) is 116 Å². The quantitative estimate of drug-likeness (QED) is 0.358. The van der Waals surface area contributed by atoms with Gasteiger partial charge in [0.1, 0.15) is 17.7 Å². The van der Waals surface area contributed by atoms with E-state index in [4.69, 9.17) is 4.74 Å². The summed E-state index contributed by atoms with van der Waals surface area (Å²) in [5.74, 6) is -2.39. The van der Waals surface area contributed by atoms with Crippen molar-refractivity contribution in [3.8, 4) is 0 Å². The Hall–Kier alpha value is -2.37. The van der Waals surface area contributed by atoms with Crippen LogP contribution in [-0.2, 0) is 30.3 Å². The lowest BCUT2D eigenvalue weighted by Gasteiger charge is -2.59. The largest absolute Gasteiger partial charge is 0.477 e. The predicted octanol–water partition coefficient (Wildman–Crippen LogP) is 0.482. The molecule has 0 bridgehead atoms. The Morgan fingerprint density at radius 2 is 2.14 bits per heavy atom. The number of ether oxygens (including phenoxy) is 1. The third-order valence-electron chi connectivity index (χ3n) is 4.73. The minimum absolute atomic E-state index is 0.136. The first-order valence-corrected chi connectivity index (χ1v) is 10.7. The van der Waals surface area contributed by atoms with Crippen LogP contribution in [0.2, 0.25) is 0 Å². The molecule has 0 radical (unpaired) electrons. The van der Waals surface area contributed by atoms with Gasteiger partial charge in [-0.2, -0.15) is 0 Å². The van der Waals surface area contributed by atoms with Crippen LogP contribution in [0.25, 0.3) is 0 Å². The van der Waals surface area contributed by atoms with Gasteiger partial charge >= 0.3 is 11.9 Å². The third kappa shape index (κ3) is 3.77. The number of carbonyl (C=O) groups excluding carboxylic acids is 3. The minimum atomic E-state index is -1.34. The maximum absolute atomic E-state index is 13.1. The average Bonchev–Trinajstić information content (AvgIpc) is 3.15. The normalized spacial score (nSPS) is 23.5. The highest BCUT2D eigenvalue weighted by Gasteiger charge is 2.67. The molecule has 0 unspecified atom stereocenters. The maximum atomic E-state index is 13.1. The number of hydrogen-bond donors (Lipinski definition) is 2. The first-order valence-electron chi connectivity index (χ1n) is 8.73. The second-order valence-electron chi connectivity index (χ2n) is 6.84. The summed E-state index contributed by atoms with van der Waals surface area (Å²) in [7, 11) is 3.33. The lowest BCUT2D eigenvalue weighted by molar-refractivity contribution is -0.171. The van der Waals surface area contributed by atoms with Gasteiger partial charge in [0.25, 0.3) is 5.91 Å². The molecule has 11 heteroatoms. The van der Waals surface area contributed by atoms with Crippen molar-refractivity contribution in [2.75, 3.05) is 26.5 Å². The number of carboxylic acid groups (broad SMARTS) is 1. The SMILES string of the molecule is CC(=O)OCC1=C(C(=O)O)N2C(=O)[C@@](NC(=O)Cc3cccs3)(N(C)C)[C@H]2SC1. The number of thiophene rings is 1. The lowest BCUT2D eigenvalue weighted by atomic mass is 9.93. The summed E-state index contributed by atoms with van der Waals surface area (Å²) in [6.07, 6.45) is 0.136. The van der Waals surface area contributed by atoms with E-state index in [0.29, 0.717) is 5.57 Å². The van der Waals surface area contributed by atoms with E-state index in [9.17, 15) is 24.3 Å². The standard InChI is InChI=1S/C18H21N3O6S2/c1-10(22)27-8-11-9-29-17-18(20(2)3,16(26)21(17)14(11)15(24)25)19-13(23)7-12-5-4-6-28-12/h4-6,17H,7-9H2,1-3H3,(H,19,23)(H,24,25)/t17-,18-/m1/s1. The molecule has 156 valence electrons. The van der Waals surface area contributed by atoms with Gasteiger partial charge in [-0.3, -0.25) is 24.2 Å². The van der Waals surface area contributed by atoms with Crippen LogP contribution >= 0.6 is 23.1 Å². The van der Waals surface area contributed by atoms with E-state index >= 15 is 0 Å². The molecule has 2 amide bonds. The van der Waals surface area contributed by atoms with Crippen LogP contribution in [0.5, 0.6) is 0 Å². The molecule has 3 rings (SSSR count). The maximum Gasteiger partial charge on any atom is 0.352 e. The summed E-state index contributed by atoms with van der Waals surface area (Å²) in [6.45, 7) is 1.04. The number of β-lactam (4-membered cyclic amide) rings is 1. The van der Waals surface area contributed by atoms with Gasteiger partial charge in [-0.25, -0.2) is 4.79 Å². The molecule has 1 fully saturated rings. The molecule has 0 saturated carbocycles. The zero-order valence-corrected chi connectivity index (χ0v) is 17.8. The van der Waals surface area contributed by atoms with E-state index in [2.05, 4.69) is 5.32 Å². The highest BCUT2D eigenvalue weighted by molar-refractivity contribution is 8.00. The van der Waals surface area contributed by atoms with Crippen molar-refractivity contribution in [2.45, 2.75) is 24.4 Å². The van der Waals surface area contributed by atoms with Crippen molar-refractivity contribution >= 4 is 46.9 Å². The molecule has 29 heavy (non-hydrogen) atoms. The number of carbonyl (C=O) groups is 4. The number of hydrogen-bond acceptors (Lipinski definition) is 8. The molecule has 0 aliphatic carbocycles. The third-order valence-corrected chi connectivity index (χ3v) is 6.99. The number of esters is 1. The number of likely N-dealkylation sites (N-methyl/N-ethyl adjacent to an activating group) is 1. The van der Waals surface area contributed by atoms with Crippen LogP contribution in [0, 0.1) is 0 Å². The van der Waals surface area contributed by atoms with Crippen LogP contribution in [0.15, 0.2) is 28.8 Å². The van der Waals surface area contributed by atoms with Gasteiger partial charge in [-0.1, -0.05) is 6.07 Å².